The van der Waals surface area contributed by atoms with Crippen molar-refractivity contribution in [2.24, 2.45) is 0 Å². The molecule has 2 aromatic rings. The zero-order valence-corrected chi connectivity index (χ0v) is 21.2. The van der Waals surface area contributed by atoms with Gasteiger partial charge in [-0.15, -0.1) is 0 Å². The SMILES string of the molecule is CCNC(=O)C(CC)N(Cc1cccc(C)c1)C(=O)CN(c1ccc(C)c(C)c1)S(C)(=O)=O. The van der Waals surface area contributed by atoms with Crippen molar-refractivity contribution in [3.63, 3.8) is 0 Å². The first-order chi connectivity index (χ1) is 15.5. The second kappa shape index (κ2) is 11.3. The van der Waals surface area contributed by atoms with E-state index in [0.29, 0.717) is 18.7 Å². The fourth-order valence-corrected chi connectivity index (χ4v) is 4.55. The standard InChI is InChI=1S/C25H35N3O4S/c1-7-23(25(30)26-8-2)27(16-21-11-9-10-18(3)14-21)24(29)17-28(33(6,31)32)22-13-12-19(4)20(5)15-22/h9-15,23H,7-8,16-17H2,1-6H3,(H,26,30). The summed E-state index contributed by atoms with van der Waals surface area (Å²) in [5.41, 5.74) is 4.30. The summed E-state index contributed by atoms with van der Waals surface area (Å²) in [6.07, 6.45) is 1.49. The van der Waals surface area contributed by atoms with Gasteiger partial charge in [-0.1, -0.05) is 42.8 Å². The van der Waals surface area contributed by atoms with E-state index < -0.39 is 22.0 Å². The predicted octanol–water partition coefficient (Wildman–Crippen LogP) is 3.32. The van der Waals surface area contributed by atoms with Gasteiger partial charge in [0.15, 0.2) is 0 Å². The van der Waals surface area contributed by atoms with Crippen molar-refractivity contribution in [2.45, 2.75) is 53.6 Å². The average Bonchev–Trinajstić information content (AvgIpc) is 2.73. The van der Waals surface area contributed by atoms with Crippen LogP contribution in [-0.2, 0) is 26.2 Å². The van der Waals surface area contributed by atoms with E-state index in [2.05, 4.69) is 5.32 Å². The van der Waals surface area contributed by atoms with E-state index in [1.54, 1.807) is 12.1 Å². The summed E-state index contributed by atoms with van der Waals surface area (Å²) >= 11 is 0. The number of carbonyl (C=O) groups is 2. The Morgan fingerprint density at radius 3 is 2.24 bits per heavy atom. The highest BCUT2D eigenvalue weighted by Crippen LogP contribution is 2.22. The number of carbonyl (C=O) groups excluding carboxylic acids is 2. The molecular formula is C25H35N3O4S. The summed E-state index contributed by atoms with van der Waals surface area (Å²) in [6, 6.07) is 12.3. The van der Waals surface area contributed by atoms with E-state index in [1.807, 2.05) is 65.0 Å². The topological polar surface area (TPSA) is 86.8 Å². The molecule has 1 unspecified atom stereocenters. The first-order valence-corrected chi connectivity index (χ1v) is 13.0. The maximum Gasteiger partial charge on any atom is 0.244 e. The maximum absolute atomic E-state index is 13.6. The van der Waals surface area contributed by atoms with Crippen LogP contribution < -0.4 is 9.62 Å². The van der Waals surface area contributed by atoms with Gasteiger partial charge in [0.1, 0.15) is 12.6 Å². The van der Waals surface area contributed by atoms with Crippen LogP contribution in [0, 0.1) is 20.8 Å². The number of benzene rings is 2. The van der Waals surface area contributed by atoms with E-state index in [1.165, 1.54) is 4.90 Å². The first kappa shape index (κ1) is 26.4. The van der Waals surface area contributed by atoms with Crippen molar-refractivity contribution < 1.29 is 18.0 Å². The Balaban J connectivity index is 2.45. The number of amides is 2. The molecule has 0 spiro atoms. The second-order valence-corrected chi connectivity index (χ2v) is 10.3. The van der Waals surface area contributed by atoms with E-state index in [4.69, 9.17) is 0 Å². The highest BCUT2D eigenvalue weighted by Gasteiger charge is 2.31. The molecule has 2 amide bonds. The molecule has 0 aromatic heterocycles. The average molecular weight is 474 g/mol. The zero-order valence-electron chi connectivity index (χ0n) is 20.4. The fraction of sp³-hybridized carbons (Fsp3) is 0.440. The zero-order chi connectivity index (χ0) is 24.8. The third-order valence-corrected chi connectivity index (χ3v) is 6.77. The van der Waals surface area contributed by atoms with Gasteiger partial charge in [-0.2, -0.15) is 0 Å². The normalized spacial score (nSPS) is 12.2. The Labute approximate surface area is 197 Å². The third kappa shape index (κ3) is 7.05. The summed E-state index contributed by atoms with van der Waals surface area (Å²) in [6.45, 7) is 9.73. The fourth-order valence-electron chi connectivity index (χ4n) is 3.71. The van der Waals surface area contributed by atoms with Crippen molar-refractivity contribution >= 4 is 27.5 Å². The molecule has 0 aliphatic rings. The Hall–Kier alpha value is -2.87. The number of likely N-dealkylation sites (N-methyl/N-ethyl adjacent to an activating group) is 1. The summed E-state index contributed by atoms with van der Waals surface area (Å²) in [5.74, 6) is -0.684. The Bertz CT molecular complexity index is 1100. The maximum atomic E-state index is 13.6. The van der Waals surface area contributed by atoms with Crippen LogP contribution in [0.1, 0.15) is 42.5 Å². The van der Waals surface area contributed by atoms with Crippen LogP contribution in [0.5, 0.6) is 0 Å². The molecule has 0 aliphatic heterocycles. The van der Waals surface area contributed by atoms with Crippen molar-refractivity contribution in [1.82, 2.24) is 10.2 Å². The number of sulfonamides is 1. The highest BCUT2D eigenvalue weighted by atomic mass is 32.2. The number of hydrogen-bond donors (Lipinski definition) is 1. The molecule has 0 saturated heterocycles. The molecule has 0 aliphatic carbocycles. The summed E-state index contributed by atoms with van der Waals surface area (Å²) in [4.78, 5) is 27.8. The van der Waals surface area contributed by atoms with Gasteiger partial charge in [0.2, 0.25) is 21.8 Å². The molecule has 0 heterocycles. The lowest BCUT2D eigenvalue weighted by molar-refractivity contribution is -0.140. The minimum atomic E-state index is -3.73. The summed E-state index contributed by atoms with van der Waals surface area (Å²) in [7, 11) is -3.73. The molecule has 2 aromatic carbocycles. The number of anilines is 1. The van der Waals surface area contributed by atoms with Crippen LogP contribution in [0.4, 0.5) is 5.69 Å². The van der Waals surface area contributed by atoms with Gasteiger partial charge in [0.05, 0.1) is 11.9 Å². The van der Waals surface area contributed by atoms with Gasteiger partial charge < -0.3 is 10.2 Å². The van der Waals surface area contributed by atoms with Gasteiger partial charge in [-0.3, -0.25) is 13.9 Å². The van der Waals surface area contributed by atoms with Crippen LogP contribution in [0.2, 0.25) is 0 Å². The van der Waals surface area contributed by atoms with Crippen LogP contribution in [-0.4, -0.2) is 50.5 Å². The lowest BCUT2D eigenvalue weighted by Crippen LogP contribution is -2.52. The van der Waals surface area contributed by atoms with Crippen LogP contribution in [0.25, 0.3) is 0 Å². The van der Waals surface area contributed by atoms with E-state index in [0.717, 1.165) is 32.8 Å². The van der Waals surface area contributed by atoms with Crippen LogP contribution in [0.15, 0.2) is 42.5 Å². The molecule has 0 bridgehead atoms. The number of nitrogens with one attached hydrogen (secondary N) is 1. The minimum Gasteiger partial charge on any atom is -0.355 e. The summed E-state index contributed by atoms with van der Waals surface area (Å²) in [5, 5.41) is 2.79. The number of nitrogens with zero attached hydrogens (tertiary/aromatic N) is 2. The van der Waals surface area contributed by atoms with Crippen molar-refractivity contribution in [3.8, 4) is 0 Å². The number of aryl methyl sites for hydroxylation is 3. The molecule has 180 valence electrons. The Kier molecular flexibility index (Phi) is 9.05. The minimum absolute atomic E-state index is 0.209. The van der Waals surface area contributed by atoms with Crippen LogP contribution in [0.3, 0.4) is 0 Å². The molecule has 0 radical (unpaired) electrons. The summed E-state index contributed by atoms with van der Waals surface area (Å²) < 4.78 is 26.4. The molecule has 33 heavy (non-hydrogen) atoms. The van der Waals surface area contributed by atoms with Crippen LogP contribution >= 0.6 is 0 Å². The molecule has 1 atom stereocenters. The molecule has 0 saturated carbocycles. The van der Waals surface area contributed by atoms with Gasteiger partial charge in [-0.25, -0.2) is 8.42 Å². The lowest BCUT2D eigenvalue weighted by atomic mass is 10.1. The number of rotatable bonds is 10. The van der Waals surface area contributed by atoms with Crippen molar-refractivity contribution in [3.05, 3.63) is 64.7 Å². The molecule has 7 nitrogen and oxygen atoms in total. The largest absolute Gasteiger partial charge is 0.355 e. The van der Waals surface area contributed by atoms with E-state index in [-0.39, 0.29) is 19.0 Å². The Morgan fingerprint density at radius 1 is 1.00 bits per heavy atom. The molecule has 0 fully saturated rings. The van der Waals surface area contributed by atoms with E-state index in [9.17, 15) is 18.0 Å². The number of hydrogen-bond acceptors (Lipinski definition) is 4. The van der Waals surface area contributed by atoms with Gasteiger partial charge in [0.25, 0.3) is 0 Å². The van der Waals surface area contributed by atoms with Crippen molar-refractivity contribution in [2.75, 3.05) is 23.7 Å². The third-order valence-electron chi connectivity index (χ3n) is 5.63. The van der Waals surface area contributed by atoms with E-state index >= 15 is 0 Å². The quantitative estimate of drug-likeness (QED) is 0.574. The molecule has 1 N–H and O–H groups in total. The van der Waals surface area contributed by atoms with Gasteiger partial charge in [0, 0.05) is 13.1 Å². The first-order valence-electron chi connectivity index (χ1n) is 11.2. The predicted molar refractivity (Wildman–Crippen MR) is 133 cm³/mol. The molecule has 8 heteroatoms. The van der Waals surface area contributed by atoms with Gasteiger partial charge >= 0.3 is 0 Å². The Morgan fingerprint density at radius 2 is 1.70 bits per heavy atom. The second-order valence-electron chi connectivity index (χ2n) is 8.37. The van der Waals surface area contributed by atoms with Crippen molar-refractivity contribution in [1.29, 1.82) is 0 Å². The van der Waals surface area contributed by atoms with Gasteiger partial charge in [-0.05, 0) is 62.9 Å². The lowest BCUT2D eigenvalue weighted by Gasteiger charge is -2.33. The molecule has 2 rings (SSSR count). The smallest absolute Gasteiger partial charge is 0.244 e. The molecular weight excluding hydrogens is 438 g/mol. The highest BCUT2D eigenvalue weighted by molar-refractivity contribution is 7.92. The monoisotopic (exact) mass is 473 g/mol.